The van der Waals surface area contributed by atoms with Crippen molar-refractivity contribution < 1.29 is 4.79 Å². The lowest BCUT2D eigenvalue weighted by atomic mass is 10.2. The van der Waals surface area contributed by atoms with Crippen LogP contribution in [0.3, 0.4) is 0 Å². The van der Waals surface area contributed by atoms with Crippen LogP contribution < -0.4 is 5.56 Å². The molecule has 0 amide bonds. The summed E-state index contributed by atoms with van der Waals surface area (Å²) >= 11 is 0. The number of nitrogens with zero attached hydrogens (tertiary/aromatic N) is 1. The van der Waals surface area contributed by atoms with Crippen LogP contribution in [0, 0.1) is 6.92 Å². The van der Waals surface area contributed by atoms with Crippen molar-refractivity contribution in [2.45, 2.75) is 33.2 Å². The van der Waals surface area contributed by atoms with E-state index in [1.807, 2.05) is 13.0 Å². The summed E-state index contributed by atoms with van der Waals surface area (Å²) in [6.45, 7) is 4.08. The maximum atomic E-state index is 11.4. The zero-order valence-electron chi connectivity index (χ0n) is 8.62. The van der Waals surface area contributed by atoms with E-state index in [2.05, 4.69) is 0 Å². The van der Waals surface area contributed by atoms with Crippen LogP contribution in [-0.2, 0) is 11.3 Å². The second kappa shape index (κ2) is 4.74. The molecule has 0 aliphatic rings. The topological polar surface area (TPSA) is 39.1 Å². The van der Waals surface area contributed by atoms with Gasteiger partial charge in [0.1, 0.15) is 5.78 Å². The van der Waals surface area contributed by atoms with Crippen molar-refractivity contribution in [3.8, 4) is 0 Å². The van der Waals surface area contributed by atoms with Crippen LogP contribution in [-0.4, -0.2) is 10.4 Å². The van der Waals surface area contributed by atoms with Gasteiger partial charge in [-0.05, 0) is 31.9 Å². The van der Waals surface area contributed by atoms with Gasteiger partial charge in [0.05, 0.1) is 0 Å². The van der Waals surface area contributed by atoms with E-state index in [0.29, 0.717) is 13.0 Å². The summed E-state index contributed by atoms with van der Waals surface area (Å²) in [6.07, 6.45) is 3.05. The molecule has 0 aliphatic carbocycles. The highest BCUT2D eigenvalue weighted by Crippen LogP contribution is 1.96. The highest BCUT2D eigenvalue weighted by molar-refractivity contribution is 5.75. The first-order valence-electron chi connectivity index (χ1n) is 4.76. The molecule has 76 valence electrons. The minimum Gasteiger partial charge on any atom is -0.316 e. The molecule has 3 nitrogen and oxygen atoms in total. The van der Waals surface area contributed by atoms with Crippen LogP contribution in [0.15, 0.2) is 23.1 Å². The summed E-state index contributed by atoms with van der Waals surface area (Å²) in [5.41, 5.74) is 0.978. The van der Waals surface area contributed by atoms with E-state index in [0.717, 1.165) is 12.0 Å². The molecule has 3 heteroatoms. The van der Waals surface area contributed by atoms with Gasteiger partial charge >= 0.3 is 0 Å². The molecule has 14 heavy (non-hydrogen) atoms. The van der Waals surface area contributed by atoms with Crippen LogP contribution in [0.25, 0.3) is 0 Å². The minimum atomic E-state index is 0.00792. The molecule has 0 aliphatic heterocycles. The third-order valence-corrected chi connectivity index (χ3v) is 2.08. The Morgan fingerprint density at radius 1 is 1.50 bits per heavy atom. The minimum absolute atomic E-state index is 0.00792. The number of hydrogen-bond donors (Lipinski definition) is 0. The highest BCUT2D eigenvalue weighted by atomic mass is 16.1. The number of Topliss-reactive ketones (excluding diaryl/α,β-unsaturated/α-hetero) is 1. The molecule has 0 spiro atoms. The highest BCUT2D eigenvalue weighted by Gasteiger charge is 1.97. The van der Waals surface area contributed by atoms with E-state index in [1.54, 1.807) is 23.8 Å². The smallest absolute Gasteiger partial charge is 0.250 e. The van der Waals surface area contributed by atoms with Gasteiger partial charge in [0, 0.05) is 25.2 Å². The summed E-state index contributed by atoms with van der Waals surface area (Å²) in [4.78, 5) is 22.1. The van der Waals surface area contributed by atoms with Crippen molar-refractivity contribution in [1.29, 1.82) is 0 Å². The van der Waals surface area contributed by atoms with Crippen LogP contribution in [0.5, 0.6) is 0 Å². The number of aryl methyl sites for hydroxylation is 2. The zero-order valence-corrected chi connectivity index (χ0v) is 8.62. The van der Waals surface area contributed by atoms with E-state index < -0.39 is 0 Å². The van der Waals surface area contributed by atoms with Crippen LogP contribution in [0.1, 0.15) is 25.3 Å². The molecule has 0 atom stereocenters. The third-order valence-electron chi connectivity index (χ3n) is 2.08. The van der Waals surface area contributed by atoms with Gasteiger partial charge in [-0.15, -0.1) is 0 Å². The zero-order chi connectivity index (χ0) is 10.6. The Morgan fingerprint density at radius 2 is 2.21 bits per heavy atom. The maximum absolute atomic E-state index is 11.4. The Labute approximate surface area is 83.4 Å². The summed E-state index contributed by atoms with van der Waals surface area (Å²) < 4.78 is 1.63. The SMILES string of the molecule is CC(=O)CCCn1ccc(C)cc1=O. The van der Waals surface area contributed by atoms with Gasteiger partial charge in [-0.2, -0.15) is 0 Å². The Balaban J connectivity index is 2.59. The first-order chi connectivity index (χ1) is 6.59. The number of aromatic nitrogens is 1. The predicted molar refractivity (Wildman–Crippen MR) is 55.4 cm³/mol. The van der Waals surface area contributed by atoms with Gasteiger partial charge < -0.3 is 9.36 Å². The van der Waals surface area contributed by atoms with Crippen molar-refractivity contribution >= 4 is 5.78 Å². The van der Waals surface area contributed by atoms with Crippen LogP contribution >= 0.6 is 0 Å². The van der Waals surface area contributed by atoms with E-state index in [-0.39, 0.29) is 11.3 Å². The van der Waals surface area contributed by atoms with E-state index in [4.69, 9.17) is 0 Å². The Kier molecular flexibility index (Phi) is 3.63. The van der Waals surface area contributed by atoms with Crippen molar-refractivity contribution in [1.82, 2.24) is 4.57 Å². The van der Waals surface area contributed by atoms with Gasteiger partial charge in [0.25, 0.3) is 5.56 Å². The van der Waals surface area contributed by atoms with E-state index in [1.165, 1.54) is 0 Å². The monoisotopic (exact) mass is 193 g/mol. The molecule has 1 aromatic heterocycles. The first kappa shape index (κ1) is 10.7. The number of carbonyl (C=O) groups is 1. The summed E-state index contributed by atoms with van der Waals surface area (Å²) in [7, 11) is 0. The fraction of sp³-hybridized carbons (Fsp3) is 0.455. The Morgan fingerprint density at radius 3 is 2.79 bits per heavy atom. The average Bonchev–Trinajstić information content (AvgIpc) is 2.08. The molecule has 1 heterocycles. The quantitative estimate of drug-likeness (QED) is 0.727. The largest absolute Gasteiger partial charge is 0.316 e. The summed E-state index contributed by atoms with van der Waals surface area (Å²) in [6, 6.07) is 3.50. The molecule has 0 saturated carbocycles. The molecule has 0 fully saturated rings. The molecular weight excluding hydrogens is 178 g/mol. The molecule has 0 saturated heterocycles. The van der Waals surface area contributed by atoms with Crippen molar-refractivity contribution in [3.05, 3.63) is 34.2 Å². The number of rotatable bonds is 4. The fourth-order valence-corrected chi connectivity index (χ4v) is 1.29. The summed E-state index contributed by atoms with van der Waals surface area (Å²) in [5.74, 6) is 0.171. The van der Waals surface area contributed by atoms with E-state index in [9.17, 15) is 9.59 Å². The van der Waals surface area contributed by atoms with Gasteiger partial charge in [-0.25, -0.2) is 0 Å². The predicted octanol–water partition coefficient (Wildman–Crippen LogP) is 1.53. The second-order valence-electron chi connectivity index (χ2n) is 3.54. The second-order valence-corrected chi connectivity index (χ2v) is 3.54. The Hall–Kier alpha value is -1.38. The number of carbonyl (C=O) groups excluding carboxylic acids is 1. The van der Waals surface area contributed by atoms with E-state index >= 15 is 0 Å². The molecule has 1 aromatic rings. The lowest BCUT2D eigenvalue weighted by molar-refractivity contribution is -0.117. The standard InChI is InChI=1S/C11H15NO2/c1-9-5-7-12(11(14)8-9)6-3-4-10(2)13/h5,7-8H,3-4,6H2,1-2H3. The van der Waals surface area contributed by atoms with Gasteiger partial charge in [0.2, 0.25) is 0 Å². The first-order valence-corrected chi connectivity index (χ1v) is 4.76. The number of hydrogen-bond acceptors (Lipinski definition) is 2. The Bertz CT molecular complexity index is 379. The molecule has 1 rings (SSSR count). The number of ketones is 1. The number of pyridine rings is 1. The third kappa shape index (κ3) is 3.17. The average molecular weight is 193 g/mol. The normalized spacial score (nSPS) is 10.1. The van der Waals surface area contributed by atoms with Crippen LogP contribution in [0.2, 0.25) is 0 Å². The molecule has 0 N–H and O–H groups in total. The maximum Gasteiger partial charge on any atom is 0.250 e. The van der Waals surface area contributed by atoms with Gasteiger partial charge in [-0.3, -0.25) is 4.79 Å². The van der Waals surface area contributed by atoms with Crippen molar-refractivity contribution in [2.75, 3.05) is 0 Å². The lowest BCUT2D eigenvalue weighted by Gasteiger charge is -2.04. The molecule has 0 bridgehead atoms. The molecular formula is C11H15NO2. The molecule has 0 radical (unpaired) electrons. The molecule has 0 unspecified atom stereocenters. The summed E-state index contributed by atoms with van der Waals surface area (Å²) in [5, 5.41) is 0. The molecule has 0 aromatic carbocycles. The van der Waals surface area contributed by atoms with Crippen LogP contribution in [0.4, 0.5) is 0 Å². The fourth-order valence-electron chi connectivity index (χ4n) is 1.29. The van der Waals surface area contributed by atoms with Crippen molar-refractivity contribution in [2.24, 2.45) is 0 Å². The van der Waals surface area contributed by atoms with Gasteiger partial charge in [0.15, 0.2) is 0 Å². The van der Waals surface area contributed by atoms with Gasteiger partial charge in [-0.1, -0.05) is 0 Å². The van der Waals surface area contributed by atoms with Crippen molar-refractivity contribution in [3.63, 3.8) is 0 Å². The lowest BCUT2D eigenvalue weighted by Crippen LogP contribution is -2.18.